The second-order valence-electron chi connectivity index (χ2n) is 8.45. The third-order valence-electron chi connectivity index (χ3n) is 6.07. The van der Waals surface area contributed by atoms with Gasteiger partial charge in [-0.15, -0.1) is 0 Å². The van der Waals surface area contributed by atoms with Gasteiger partial charge in [0.2, 0.25) is 11.8 Å². The predicted molar refractivity (Wildman–Crippen MR) is 130 cm³/mol. The molecule has 0 fully saturated rings. The van der Waals surface area contributed by atoms with Gasteiger partial charge in [-0.2, -0.15) is 0 Å². The molecule has 2 aromatic rings. The summed E-state index contributed by atoms with van der Waals surface area (Å²) >= 11 is 0. The van der Waals surface area contributed by atoms with E-state index in [1.807, 2.05) is 44.2 Å². The summed E-state index contributed by atoms with van der Waals surface area (Å²) in [7, 11) is 0. The second kappa shape index (κ2) is 12.1. The maximum atomic E-state index is 13.3. The van der Waals surface area contributed by atoms with Crippen LogP contribution in [0.15, 0.2) is 54.6 Å². The van der Waals surface area contributed by atoms with Crippen LogP contribution in [0.3, 0.4) is 0 Å². The Morgan fingerprint density at radius 1 is 0.941 bits per heavy atom. The van der Waals surface area contributed by atoms with Crippen LogP contribution >= 0.6 is 0 Å². The van der Waals surface area contributed by atoms with Crippen molar-refractivity contribution >= 4 is 23.6 Å². The molecule has 0 aromatic heterocycles. The lowest BCUT2D eigenvalue weighted by Gasteiger charge is -2.31. The smallest absolute Gasteiger partial charge is 0.261 e. The third-order valence-corrected chi connectivity index (χ3v) is 6.07. The maximum Gasteiger partial charge on any atom is 0.261 e. The van der Waals surface area contributed by atoms with E-state index in [9.17, 15) is 19.2 Å². The van der Waals surface area contributed by atoms with Crippen molar-refractivity contribution in [3.63, 3.8) is 0 Å². The lowest BCUT2D eigenvalue weighted by molar-refractivity contribution is -0.140. The number of imide groups is 1. The molecule has 1 aliphatic rings. The molecule has 0 saturated heterocycles. The fourth-order valence-electron chi connectivity index (χ4n) is 4.24. The summed E-state index contributed by atoms with van der Waals surface area (Å²) in [6.07, 6.45) is 2.47. The molecule has 7 heteroatoms. The molecule has 34 heavy (non-hydrogen) atoms. The van der Waals surface area contributed by atoms with Crippen molar-refractivity contribution in [2.24, 2.45) is 0 Å². The van der Waals surface area contributed by atoms with E-state index in [0.717, 1.165) is 12.0 Å². The van der Waals surface area contributed by atoms with Gasteiger partial charge in [-0.05, 0) is 43.4 Å². The normalized spacial score (nSPS) is 13.5. The lowest BCUT2D eigenvalue weighted by atomic mass is 10.1. The molecule has 0 radical (unpaired) electrons. The van der Waals surface area contributed by atoms with Gasteiger partial charge in [0.05, 0.1) is 11.1 Å². The summed E-state index contributed by atoms with van der Waals surface area (Å²) in [5.41, 5.74) is 1.90. The zero-order chi connectivity index (χ0) is 24.5. The summed E-state index contributed by atoms with van der Waals surface area (Å²) in [5, 5.41) is 2.91. The van der Waals surface area contributed by atoms with Gasteiger partial charge in [0.25, 0.3) is 11.8 Å². The van der Waals surface area contributed by atoms with Gasteiger partial charge >= 0.3 is 0 Å². The summed E-state index contributed by atoms with van der Waals surface area (Å²) in [5.74, 6) is -0.934. The lowest BCUT2D eigenvalue weighted by Crippen LogP contribution is -2.50. The van der Waals surface area contributed by atoms with E-state index in [2.05, 4.69) is 5.32 Å². The average Bonchev–Trinajstić information content (AvgIpc) is 3.10. The molecule has 0 aliphatic carbocycles. The van der Waals surface area contributed by atoms with E-state index >= 15 is 0 Å². The topological polar surface area (TPSA) is 86.8 Å². The third kappa shape index (κ3) is 5.90. The Hall–Kier alpha value is -3.48. The molecule has 0 bridgehead atoms. The summed E-state index contributed by atoms with van der Waals surface area (Å²) in [6, 6.07) is 16.1. The number of nitrogens with one attached hydrogen (secondary N) is 1. The number of hydrogen-bond acceptors (Lipinski definition) is 4. The van der Waals surface area contributed by atoms with Crippen molar-refractivity contribution in [3.05, 3.63) is 71.3 Å². The summed E-state index contributed by atoms with van der Waals surface area (Å²) < 4.78 is 0. The fourth-order valence-corrected chi connectivity index (χ4v) is 4.24. The van der Waals surface area contributed by atoms with Crippen molar-refractivity contribution in [2.45, 2.75) is 52.0 Å². The molecule has 0 saturated carbocycles. The predicted octanol–water partition coefficient (Wildman–Crippen LogP) is 3.44. The highest BCUT2D eigenvalue weighted by Gasteiger charge is 2.35. The number of carbonyl (C=O) groups is 4. The van der Waals surface area contributed by atoms with Crippen molar-refractivity contribution < 1.29 is 19.2 Å². The summed E-state index contributed by atoms with van der Waals surface area (Å²) in [4.78, 5) is 54.1. The Balaban J connectivity index is 1.65. The van der Waals surface area contributed by atoms with E-state index in [0.29, 0.717) is 43.5 Å². The van der Waals surface area contributed by atoms with Gasteiger partial charge in [0.15, 0.2) is 0 Å². The molecule has 3 rings (SSSR count). The molecule has 1 atom stereocenters. The minimum atomic E-state index is -0.554. The molecule has 1 aliphatic heterocycles. The molecule has 7 nitrogen and oxygen atoms in total. The van der Waals surface area contributed by atoms with Crippen molar-refractivity contribution in [3.8, 4) is 0 Å². The SMILES string of the molecule is CCCNC(=O)[C@@H](CC)N(CCc1ccccc1)C(=O)CCCN1C(=O)c2ccccc2C1=O. The standard InChI is InChI=1S/C27H33N3O4/c1-3-17-28-25(32)23(4-2)29(19-16-20-11-6-5-7-12-20)24(31)15-10-18-30-26(33)21-13-8-9-14-22(21)27(30)34/h5-9,11-14,23H,3-4,10,15-19H2,1-2H3,(H,28,32)/t23-/m1/s1. The zero-order valence-corrected chi connectivity index (χ0v) is 20.0. The van der Waals surface area contributed by atoms with Crippen LogP contribution in [0.5, 0.6) is 0 Å². The zero-order valence-electron chi connectivity index (χ0n) is 20.0. The molecular weight excluding hydrogens is 430 g/mol. The number of amides is 4. The van der Waals surface area contributed by atoms with Crippen molar-refractivity contribution in [1.82, 2.24) is 15.1 Å². The molecule has 180 valence electrons. The minimum absolute atomic E-state index is 0.147. The number of benzene rings is 2. The van der Waals surface area contributed by atoms with Crippen molar-refractivity contribution in [1.29, 1.82) is 0 Å². The van der Waals surface area contributed by atoms with E-state index < -0.39 is 6.04 Å². The van der Waals surface area contributed by atoms with Gasteiger partial charge < -0.3 is 10.2 Å². The second-order valence-corrected chi connectivity index (χ2v) is 8.45. The van der Waals surface area contributed by atoms with Crippen LogP contribution in [0.1, 0.15) is 65.8 Å². The Morgan fingerprint density at radius 3 is 2.15 bits per heavy atom. The van der Waals surface area contributed by atoms with Gasteiger partial charge in [0, 0.05) is 26.1 Å². The van der Waals surface area contributed by atoms with Gasteiger partial charge in [0.1, 0.15) is 6.04 Å². The maximum absolute atomic E-state index is 13.3. The van der Waals surface area contributed by atoms with Crippen LogP contribution < -0.4 is 5.32 Å². The molecule has 0 spiro atoms. The number of hydrogen-bond donors (Lipinski definition) is 1. The van der Waals surface area contributed by atoms with E-state index in [1.165, 1.54) is 4.90 Å². The van der Waals surface area contributed by atoms with Gasteiger partial charge in [-0.3, -0.25) is 24.1 Å². The number of carbonyl (C=O) groups excluding carboxylic acids is 4. The number of nitrogens with zero attached hydrogens (tertiary/aromatic N) is 2. The first-order chi connectivity index (χ1) is 16.5. The van der Waals surface area contributed by atoms with Gasteiger partial charge in [-0.25, -0.2) is 0 Å². The van der Waals surface area contributed by atoms with Crippen molar-refractivity contribution in [2.75, 3.05) is 19.6 Å². The Bertz CT molecular complexity index is 987. The molecule has 0 unspecified atom stereocenters. The Morgan fingerprint density at radius 2 is 1.56 bits per heavy atom. The summed E-state index contributed by atoms with van der Waals surface area (Å²) in [6.45, 7) is 5.05. The van der Waals surface area contributed by atoms with Crippen LogP contribution in [0.2, 0.25) is 0 Å². The monoisotopic (exact) mass is 463 g/mol. The van der Waals surface area contributed by atoms with Crippen LogP contribution in [0.25, 0.3) is 0 Å². The van der Waals surface area contributed by atoms with E-state index in [-0.39, 0.29) is 36.6 Å². The molecule has 4 amide bonds. The van der Waals surface area contributed by atoms with Gasteiger partial charge in [-0.1, -0.05) is 56.3 Å². The Labute approximate surface area is 201 Å². The minimum Gasteiger partial charge on any atom is -0.354 e. The molecule has 1 N–H and O–H groups in total. The first-order valence-corrected chi connectivity index (χ1v) is 12.0. The molecule has 2 aromatic carbocycles. The number of rotatable bonds is 12. The highest BCUT2D eigenvalue weighted by Crippen LogP contribution is 2.23. The van der Waals surface area contributed by atoms with Crippen LogP contribution in [0.4, 0.5) is 0 Å². The van der Waals surface area contributed by atoms with Crippen LogP contribution in [-0.2, 0) is 16.0 Å². The Kier molecular flexibility index (Phi) is 8.96. The first-order valence-electron chi connectivity index (χ1n) is 12.0. The first kappa shape index (κ1) is 25.1. The average molecular weight is 464 g/mol. The largest absolute Gasteiger partial charge is 0.354 e. The highest BCUT2D eigenvalue weighted by atomic mass is 16.2. The quantitative estimate of drug-likeness (QED) is 0.489. The fraction of sp³-hybridized carbons (Fsp3) is 0.407. The molecular formula is C27H33N3O4. The van der Waals surface area contributed by atoms with Crippen LogP contribution in [0, 0.1) is 0 Å². The van der Waals surface area contributed by atoms with E-state index in [4.69, 9.17) is 0 Å². The highest BCUT2D eigenvalue weighted by molar-refractivity contribution is 6.21. The van der Waals surface area contributed by atoms with Crippen LogP contribution in [-0.4, -0.2) is 59.1 Å². The molecule has 1 heterocycles. The number of fused-ring (bicyclic) bond motifs is 1. The van der Waals surface area contributed by atoms with E-state index in [1.54, 1.807) is 29.2 Å².